The number of carbonyl (C=O) groups is 1. The van der Waals surface area contributed by atoms with Crippen molar-refractivity contribution >= 4 is 28.3 Å². The normalized spacial score (nSPS) is 11.9. The van der Waals surface area contributed by atoms with Crippen LogP contribution in [0.1, 0.15) is 16.1 Å². The van der Waals surface area contributed by atoms with Crippen LogP contribution in [0.25, 0.3) is 33.7 Å². The van der Waals surface area contributed by atoms with Gasteiger partial charge in [-0.05, 0) is 36.4 Å². The van der Waals surface area contributed by atoms with Crippen molar-refractivity contribution in [1.29, 1.82) is 0 Å². The van der Waals surface area contributed by atoms with Crippen LogP contribution in [0, 0.1) is 0 Å². The first-order chi connectivity index (χ1) is 14.6. The van der Waals surface area contributed by atoms with E-state index in [9.17, 15) is 9.59 Å². The van der Waals surface area contributed by atoms with Gasteiger partial charge in [-0.3, -0.25) is 9.78 Å². The van der Waals surface area contributed by atoms with Crippen LogP contribution in [0.5, 0.6) is 0 Å². The number of aromatic nitrogens is 4. The van der Waals surface area contributed by atoms with Gasteiger partial charge in [-0.2, -0.15) is 9.50 Å². The summed E-state index contributed by atoms with van der Waals surface area (Å²) < 4.78 is 7.53. The third kappa shape index (κ3) is 3.16. The molecule has 1 aromatic carbocycles. The fraction of sp³-hybridized carbons (Fsp3) is 0. The third-order valence-electron chi connectivity index (χ3n) is 4.44. The molecule has 30 heavy (non-hydrogen) atoms. The molecule has 8 nitrogen and oxygen atoms in total. The van der Waals surface area contributed by atoms with E-state index in [4.69, 9.17) is 9.52 Å². The molecule has 0 saturated carbocycles. The zero-order valence-electron chi connectivity index (χ0n) is 15.2. The Morgan fingerprint density at radius 1 is 1.03 bits per heavy atom. The standard InChI is InChI=1S/C21H12N4O4S/c26-19-17(30-21-23-18(24-25(19)21)13-7-9-22-10-8-13)11-15-5-6-16(29-15)12-1-3-14(4-2-12)20(27)28/h1-11H,(H,27,28). The second-order valence-corrected chi connectivity index (χ2v) is 7.38. The molecule has 0 saturated heterocycles. The van der Waals surface area contributed by atoms with Crippen molar-refractivity contribution in [3.05, 3.63) is 87.1 Å². The molecular formula is C21H12N4O4S. The molecule has 0 fully saturated rings. The average molecular weight is 416 g/mol. The van der Waals surface area contributed by atoms with Gasteiger partial charge in [-0.15, -0.1) is 5.10 Å². The van der Waals surface area contributed by atoms with Crippen LogP contribution in [-0.4, -0.2) is 30.7 Å². The summed E-state index contributed by atoms with van der Waals surface area (Å²) in [6.45, 7) is 0. The number of pyridine rings is 1. The Kier molecular flexibility index (Phi) is 4.22. The van der Waals surface area contributed by atoms with Gasteiger partial charge >= 0.3 is 5.97 Å². The van der Waals surface area contributed by atoms with E-state index in [1.165, 1.54) is 28.0 Å². The summed E-state index contributed by atoms with van der Waals surface area (Å²) in [5.41, 5.74) is 1.46. The van der Waals surface area contributed by atoms with Gasteiger partial charge in [-0.1, -0.05) is 23.5 Å². The molecule has 5 rings (SSSR count). The first-order valence-electron chi connectivity index (χ1n) is 8.84. The van der Waals surface area contributed by atoms with Crippen LogP contribution in [-0.2, 0) is 0 Å². The molecule has 0 aliphatic heterocycles. The maximum atomic E-state index is 12.7. The number of furan rings is 1. The Morgan fingerprint density at radius 3 is 2.50 bits per heavy atom. The first-order valence-corrected chi connectivity index (χ1v) is 9.65. The fourth-order valence-corrected chi connectivity index (χ4v) is 3.84. The molecule has 0 bridgehead atoms. The zero-order valence-corrected chi connectivity index (χ0v) is 16.0. The highest BCUT2D eigenvalue weighted by atomic mass is 32.1. The Hall–Kier alpha value is -4.11. The Morgan fingerprint density at radius 2 is 1.80 bits per heavy atom. The van der Waals surface area contributed by atoms with Gasteiger partial charge in [0, 0.05) is 29.6 Å². The van der Waals surface area contributed by atoms with Crippen molar-refractivity contribution in [2.75, 3.05) is 0 Å². The lowest BCUT2D eigenvalue weighted by Gasteiger charge is -1.98. The minimum Gasteiger partial charge on any atom is -0.478 e. The molecule has 146 valence electrons. The largest absolute Gasteiger partial charge is 0.478 e. The van der Waals surface area contributed by atoms with Crippen molar-refractivity contribution in [1.82, 2.24) is 19.6 Å². The smallest absolute Gasteiger partial charge is 0.335 e. The molecule has 0 atom stereocenters. The average Bonchev–Trinajstić information content (AvgIpc) is 3.47. The summed E-state index contributed by atoms with van der Waals surface area (Å²) in [5.74, 6) is 0.562. The maximum absolute atomic E-state index is 12.7. The number of nitrogens with zero attached hydrogens (tertiary/aromatic N) is 4. The Balaban J connectivity index is 1.48. The number of hydrogen-bond acceptors (Lipinski definition) is 7. The number of thiazole rings is 1. The predicted molar refractivity (Wildman–Crippen MR) is 110 cm³/mol. The Bertz CT molecular complexity index is 1480. The van der Waals surface area contributed by atoms with Crippen LogP contribution in [0.2, 0.25) is 0 Å². The number of carboxylic acids is 1. The lowest BCUT2D eigenvalue weighted by atomic mass is 10.1. The summed E-state index contributed by atoms with van der Waals surface area (Å²) in [7, 11) is 0. The van der Waals surface area contributed by atoms with Crippen molar-refractivity contribution in [2.45, 2.75) is 0 Å². The van der Waals surface area contributed by atoms with E-state index in [2.05, 4.69) is 15.1 Å². The predicted octanol–water partition coefficient (Wildman–Crippen LogP) is 2.72. The highest BCUT2D eigenvalue weighted by Gasteiger charge is 2.12. The van der Waals surface area contributed by atoms with Gasteiger partial charge in [0.25, 0.3) is 5.56 Å². The summed E-state index contributed by atoms with van der Waals surface area (Å²) in [5, 5.41) is 13.3. The number of rotatable bonds is 4. The van der Waals surface area contributed by atoms with Crippen LogP contribution in [0.15, 0.2) is 70.1 Å². The first kappa shape index (κ1) is 18.0. The summed E-state index contributed by atoms with van der Waals surface area (Å²) in [6, 6.07) is 13.5. The van der Waals surface area contributed by atoms with Crippen LogP contribution < -0.4 is 10.1 Å². The fourth-order valence-electron chi connectivity index (χ4n) is 2.95. The summed E-state index contributed by atoms with van der Waals surface area (Å²) in [4.78, 5) is 32.5. The van der Waals surface area contributed by atoms with Crippen LogP contribution in [0.4, 0.5) is 0 Å². The highest BCUT2D eigenvalue weighted by Crippen LogP contribution is 2.23. The van der Waals surface area contributed by atoms with Gasteiger partial charge in [0.2, 0.25) is 4.96 Å². The second-order valence-electron chi connectivity index (χ2n) is 6.37. The van der Waals surface area contributed by atoms with E-state index in [1.807, 2.05) is 0 Å². The minimum absolute atomic E-state index is 0.202. The molecule has 9 heteroatoms. The molecule has 5 aromatic rings. The minimum atomic E-state index is -0.985. The lowest BCUT2D eigenvalue weighted by molar-refractivity contribution is 0.0697. The Labute approximate surface area is 172 Å². The summed E-state index contributed by atoms with van der Waals surface area (Å²) in [6.07, 6.45) is 4.93. The molecule has 4 aromatic heterocycles. The molecule has 1 N–H and O–H groups in total. The van der Waals surface area contributed by atoms with E-state index >= 15 is 0 Å². The number of carboxylic acid groups (broad SMARTS) is 1. The topological polar surface area (TPSA) is 111 Å². The van der Waals surface area contributed by atoms with E-state index in [0.29, 0.717) is 26.8 Å². The number of aromatic carboxylic acids is 1. The molecule has 4 heterocycles. The monoisotopic (exact) mass is 416 g/mol. The SMILES string of the molecule is O=C(O)c1ccc(-c2ccc(C=c3sc4nc(-c5ccncc5)nn4c3=O)o2)cc1. The van der Waals surface area contributed by atoms with Gasteiger partial charge in [0.15, 0.2) is 5.82 Å². The van der Waals surface area contributed by atoms with Crippen molar-refractivity contribution < 1.29 is 14.3 Å². The van der Waals surface area contributed by atoms with Crippen LogP contribution >= 0.6 is 11.3 Å². The van der Waals surface area contributed by atoms with Gasteiger partial charge < -0.3 is 9.52 Å². The maximum Gasteiger partial charge on any atom is 0.335 e. The molecule has 0 spiro atoms. The van der Waals surface area contributed by atoms with Crippen molar-refractivity contribution in [3.63, 3.8) is 0 Å². The number of benzene rings is 1. The second kappa shape index (κ2) is 7.05. The van der Waals surface area contributed by atoms with Crippen LogP contribution in [0.3, 0.4) is 0 Å². The molecule has 0 amide bonds. The molecule has 0 unspecified atom stereocenters. The van der Waals surface area contributed by atoms with E-state index in [0.717, 1.165) is 11.1 Å². The van der Waals surface area contributed by atoms with E-state index in [1.54, 1.807) is 54.9 Å². The molecular weight excluding hydrogens is 404 g/mol. The quantitative estimate of drug-likeness (QED) is 0.479. The number of hydrogen-bond donors (Lipinski definition) is 1. The van der Waals surface area contributed by atoms with Crippen molar-refractivity contribution in [2.24, 2.45) is 0 Å². The molecule has 0 aliphatic rings. The van der Waals surface area contributed by atoms with Crippen molar-refractivity contribution in [3.8, 4) is 22.7 Å². The zero-order chi connectivity index (χ0) is 20.7. The lowest BCUT2D eigenvalue weighted by Crippen LogP contribution is -2.23. The van der Waals surface area contributed by atoms with E-state index < -0.39 is 5.97 Å². The highest BCUT2D eigenvalue weighted by molar-refractivity contribution is 7.15. The number of fused-ring (bicyclic) bond motifs is 1. The van der Waals surface area contributed by atoms with Gasteiger partial charge in [0.05, 0.1) is 5.56 Å². The van der Waals surface area contributed by atoms with Gasteiger partial charge in [-0.25, -0.2) is 4.79 Å². The summed E-state index contributed by atoms with van der Waals surface area (Å²) >= 11 is 1.22. The van der Waals surface area contributed by atoms with E-state index in [-0.39, 0.29) is 11.1 Å². The van der Waals surface area contributed by atoms with Gasteiger partial charge in [0.1, 0.15) is 16.1 Å². The molecule has 0 aliphatic carbocycles. The third-order valence-corrected chi connectivity index (χ3v) is 5.40. The molecule has 0 radical (unpaired) electrons.